The van der Waals surface area contributed by atoms with Gasteiger partial charge in [-0.3, -0.25) is 4.79 Å². The van der Waals surface area contributed by atoms with E-state index >= 15 is 0 Å². The summed E-state index contributed by atoms with van der Waals surface area (Å²) in [7, 11) is 0. The molecule has 0 aromatic rings. The van der Waals surface area contributed by atoms with Crippen LogP contribution in [0.15, 0.2) is 0 Å². The van der Waals surface area contributed by atoms with Gasteiger partial charge in [0.1, 0.15) is 0 Å². The molecule has 0 rings (SSSR count). The summed E-state index contributed by atoms with van der Waals surface area (Å²) in [5.74, 6) is 0.0392. The second-order valence-electron chi connectivity index (χ2n) is 7.17. The van der Waals surface area contributed by atoms with Crippen LogP contribution < -0.4 is 22.1 Å². The lowest BCUT2D eigenvalue weighted by molar-refractivity contribution is -0.124. The third-order valence-electron chi connectivity index (χ3n) is 3.75. The van der Waals surface area contributed by atoms with Gasteiger partial charge in [0.15, 0.2) is 0 Å². The number of amides is 1. The minimum absolute atomic E-state index is 0.0392. The lowest BCUT2D eigenvalue weighted by atomic mass is 9.71. The lowest BCUT2D eigenvalue weighted by Gasteiger charge is -2.43. The SMILES string of the molecule is CC(C)(N)CNC(C)(C)C(C)(C)CC(=O)NCCN. The number of nitrogens with two attached hydrogens (primary N) is 2. The lowest BCUT2D eigenvalue weighted by Crippen LogP contribution is -2.57. The molecule has 0 heterocycles. The first-order chi connectivity index (χ1) is 8.41. The van der Waals surface area contributed by atoms with E-state index in [0.29, 0.717) is 26.1 Å². The summed E-state index contributed by atoms with van der Waals surface area (Å²) >= 11 is 0. The fraction of sp³-hybridized carbons (Fsp3) is 0.929. The van der Waals surface area contributed by atoms with Crippen molar-refractivity contribution in [1.82, 2.24) is 10.6 Å². The predicted octanol–water partition coefficient (Wildman–Crippen LogP) is 0.583. The molecule has 6 N–H and O–H groups in total. The van der Waals surface area contributed by atoms with Gasteiger partial charge in [-0.1, -0.05) is 13.8 Å². The summed E-state index contributed by atoms with van der Waals surface area (Å²) in [6, 6.07) is 0. The van der Waals surface area contributed by atoms with Gasteiger partial charge in [-0.2, -0.15) is 0 Å². The van der Waals surface area contributed by atoms with Gasteiger partial charge in [-0.25, -0.2) is 0 Å². The van der Waals surface area contributed by atoms with Crippen molar-refractivity contribution in [2.24, 2.45) is 16.9 Å². The van der Waals surface area contributed by atoms with E-state index in [1.807, 2.05) is 13.8 Å². The van der Waals surface area contributed by atoms with Crippen LogP contribution in [0.25, 0.3) is 0 Å². The van der Waals surface area contributed by atoms with Crippen LogP contribution in [0, 0.1) is 5.41 Å². The fourth-order valence-electron chi connectivity index (χ4n) is 1.58. The molecule has 0 aliphatic heterocycles. The van der Waals surface area contributed by atoms with Crippen molar-refractivity contribution in [3.63, 3.8) is 0 Å². The average molecular weight is 272 g/mol. The number of rotatable bonds is 8. The molecule has 114 valence electrons. The van der Waals surface area contributed by atoms with Crippen molar-refractivity contribution in [2.45, 2.75) is 59.0 Å². The minimum atomic E-state index is -0.269. The molecular weight excluding hydrogens is 240 g/mol. The van der Waals surface area contributed by atoms with Crippen LogP contribution in [0.1, 0.15) is 48.0 Å². The van der Waals surface area contributed by atoms with Crippen molar-refractivity contribution >= 4 is 5.91 Å². The molecule has 0 aliphatic carbocycles. The highest BCUT2D eigenvalue weighted by atomic mass is 16.1. The number of carbonyl (C=O) groups excluding carboxylic acids is 1. The number of carbonyl (C=O) groups is 1. The molecule has 5 heteroatoms. The van der Waals surface area contributed by atoms with Crippen molar-refractivity contribution in [3.05, 3.63) is 0 Å². The van der Waals surface area contributed by atoms with Gasteiger partial charge in [-0.05, 0) is 33.1 Å². The number of nitrogens with one attached hydrogen (secondary N) is 2. The van der Waals surface area contributed by atoms with Crippen LogP contribution in [0.3, 0.4) is 0 Å². The monoisotopic (exact) mass is 272 g/mol. The summed E-state index contributed by atoms with van der Waals surface area (Å²) in [6.07, 6.45) is 0.456. The highest BCUT2D eigenvalue weighted by molar-refractivity contribution is 5.76. The van der Waals surface area contributed by atoms with E-state index < -0.39 is 0 Å². The molecular formula is C14H32N4O. The Kier molecular flexibility index (Phi) is 6.45. The maximum atomic E-state index is 11.8. The molecule has 0 radical (unpaired) electrons. The molecule has 0 aromatic heterocycles. The zero-order chi connectivity index (χ0) is 15.3. The van der Waals surface area contributed by atoms with E-state index in [-0.39, 0.29) is 22.4 Å². The first kappa shape index (κ1) is 18.4. The second kappa shape index (κ2) is 6.68. The maximum Gasteiger partial charge on any atom is 0.220 e. The third-order valence-corrected chi connectivity index (χ3v) is 3.75. The number of hydrogen-bond donors (Lipinski definition) is 4. The Morgan fingerprint density at radius 1 is 1.11 bits per heavy atom. The zero-order valence-corrected chi connectivity index (χ0v) is 13.4. The Bertz CT molecular complexity index is 292. The van der Waals surface area contributed by atoms with Crippen LogP contribution in [0.5, 0.6) is 0 Å². The maximum absolute atomic E-state index is 11.8. The Morgan fingerprint density at radius 3 is 2.05 bits per heavy atom. The Balaban J connectivity index is 4.54. The Labute approximate surface area is 117 Å². The molecule has 0 atom stereocenters. The smallest absolute Gasteiger partial charge is 0.220 e. The molecule has 0 saturated heterocycles. The summed E-state index contributed by atoms with van der Waals surface area (Å²) in [6.45, 7) is 14.1. The standard InChI is InChI=1S/C14H32N4O/c1-12(2,9-11(19)17-8-7-15)14(5,6)18-10-13(3,4)16/h18H,7-10,15-16H2,1-6H3,(H,17,19). The fourth-order valence-corrected chi connectivity index (χ4v) is 1.58. The van der Waals surface area contributed by atoms with Gasteiger partial charge in [0.05, 0.1) is 0 Å². The normalized spacial score (nSPS) is 13.5. The van der Waals surface area contributed by atoms with Gasteiger partial charge < -0.3 is 22.1 Å². The third kappa shape index (κ3) is 6.89. The van der Waals surface area contributed by atoms with Crippen molar-refractivity contribution < 1.29 is 4.79 Å². The summed E-state index contributed by atoms with van der Waals surface area (Å²) in [4.78, 5) is 11.8. The average Bonchev–Trinajstić information content (AvgIpc) is 2.22. The summed E-state index contributed by atoms with van der Waals surface area (Å²) < 4.78 is 0. The molecule has 5 nitrogen and oxygen atoms in total. The zero-order valence-electron chi connectivity index (χ0n) is 13.4. The Hall–Kier alpha value is -0.650. The largest absolute Gasteiger partial charge is 0.355 e. The van der Waals surface area contributed by atoms with Crippen LogP contribution in [0.4, 0.5) is 0 Å². The topological polar surface area (TPSA) is 93.2 Å². The summed E-state index contributed by atoms with van der Waals surface area (Å²) in [5, 5.41) is 6.29. The highest BCUT2D eigenvalue weighted by Crippen LogP contribution is 2.34. The molecule has 0 unspecified atom stereocenters. The summed E-state index contributed by atoms with van der Waals surface area (Å²) in [5.41, 5.74) is 10.7. The molecule has 0 saturated carbocycles. The highest BCUT2D eigenvalue weighted by Gasteiger charge is 2.38. The quantitative estimate of drug-likeness (QED) is 0.520. The van der Waals surface area contributed by atoms with E-state index in [9.17, 15) is 4.79 Å². The van der Waals surface area contributed by atoms with Crippen LogP contribution >= 0.6 is 0 Å². The molecule has 0 aliphatic rings. The first-order valence-electron chi connectivity index (χ1n) is 6.92. The Morgan fingerprint density at radius 2 is 1.63 bits per heavy atom. The molecule has 0 spiro atoms. The molecule has 0 fully saturated rings. The van der Waals surface area contributed by atoms with Crippen LogP contribution in [-0.2, 0) is 4.79 Å². The van der Waals surface area contributed by atoms with E-state index in [2.05, 4.69) is 38.3 Å². The van der Waals surface area contributed by atoms with E-state index in [0.717, 1.165) is 0 Å². The number of hydrogen-bond acceptors (Lipinski definition) is 4. The molecule has 19 heavy (non-hydrogen) atoms. The second-order valence-corrected chi connectivity index (χ2v) is 7.17. The first-order valence-corrected chi connectivity index (χ1v) is 6.92. The van der Waals surface area contributed by atoms with E-state index in [4.69, 9.17) is 11.5 Å². The van der Waals surface area contributed by atoms with Gasteiger partial charge in [0.2, 0.25) is 5.91 Å². The van der Waals surface area contributed by atoms with Crippen LogP contribution in [0.2, 0.25) is 0 Å². The predicted molar refractivity (Wildman–Crippen MR) is 80.8 cm³/mol. The van der Waals surface area contributed by atoms with Crippen molar-refractivity contribution in [1.29, 1.82) is 0 Å². The minimum Gasteiger partial charge on any atom is -0.355 e. The molecule has 1 amide bonds. The van der Waals surface area contributed by atoms with Gasteiger partial charge in [0, 0.05) is 37.1 Å². The van der Waals surface area contributed by atoms with Gasteiger partial charge in [0.25, 0.3) is 0 Å². The van der Waals surface area contributed by atoms with Crippen LogP contribution in [-0.4, -0.2) is 36.6 Å². The molecule has 0 bridgehead atoms. The van der Waals surface area contributed by atoms with Gasteiger partial charge >= 0.3 is 0 Å². The molecule has 0 aromatic carbocycles. The van der Waals surface area contributed by atoms with Gasteiger partial charge in [-0.15, -0.1) is 0 Å². The van der Waals surface area contributed by atoms with E-state index in [1.165, 1.54) is 0 Å². The van der Waals surface area contributed by atoms with Crippen molar-refractivity contribution in [3.8, 4) is 0 Å². The van der Waals surface area contributed by atoms with Crippen molar-refractivity contribution in [2.75, 3.05) is 19.6 Å². The van der Waals surface area contributed by atoms with E-state index in [1.54, 1.807) is 0 Å².